The topological polar surface area (TPSA) is 75.7 Å². The van der Waals surface area contributed by atoms with Gasteiger partial charge in [-0.05, 0) is 54.4 Å². The summed E-state index contributed by atoms with van der Waals surface area (Å²) in [6.07, 6.45) is 0. The minimum Gasteiger partial charge on any atom is -0.492 e. The van der Waals surface area contributed by atoms with Gasteiger partial charge in [-0.1, -0.05) is 36.4 Å². The number of halogens is 1. The van der Waals surface area contributed by atoms with E-state index in [0.717, 1.165) is 5.56 Å². The van der Waals surface area contributed by atoms with Crippen LogP contribution in [0, 0.1) is 12.7 Å². The van der Waals surface area contributed by atoms with Gasteiger partial charge in [0.25, 0.3) is 5.91 Å². The van der Waals surface area contributed by atoms with E-state index >= 15 is 0 Å². The van der Waals surface area contributed by atoms with E-state index < -0.39 is 10.0 Å². The molecule has 0 bridgehead atoms. The molecular weight excluding hydrogens is 431 g/mol. The standard InChI is InChI=1S/C24H25FN2O4S/c1-18-8-9-20(16-23(18)32(29,30)26-17-19-6-4-3-5-7-19)24(28)27(2)14-15-31-22-12-10-21(25)11-13-22/h3-13,16,26H,14-15,17H2,1-2H3. The van der Waals surface area contributed by atoms with Gasteiger partial charge in [0.05, 0.1) is 11.4 Å². The van der Waals surface area contributed by atoms with Crippen molar-refractivity contribution < 1.29 is 22.3 Å². The van der Waals surface area contributed by atoms with E-state index in [1.807, 2.05) is 30.3 Å². The maximum Gasteiger partial charge on any atom is 0.253 e. The second-order valence-electron chi connectivity index (χ2n) is 7.32. The summed E-state index contributed by atoms with van der Waals surface area (Å²) in [7, 11) is -2.19. The highest BCUT2D eigenvalue weighted by Crippen LogP contribution is 2.19. The van der Waals surface area contributed by atoms with E-state index in [1.54, 1.807) is 26.1 Å². The monoisotopic (exact) mass is 456 g/mol. The van der Waals surface area contributed by atoms with Crippen LogP contribution in [-0.4, -0.2) is 39.4 Å². The predicted molar refractivity (Wildman–Crippen MR) is 121 cm³/mol. The Balaban J connectivity index is 1.65. The van der Waals surface area contributed by atoms with Gasteiger partial charge >= 0.3 is 0 Å². The lowest BCUT2D eigenvalue weighted by atomic mass is 10.1. The van der Waals surface area contributed by atoms with Crippen LogP contribution < -0.4 is 9.46 Å². The largest absolute Gasteiger partial charge is 0.492 e. The number of amides is 1. The molecule has 0 fully saturated rings. The molecule has 32 heavy (non-hydrogen) atoms. The third-order valence-electron chi connectivity index (χ3n) is 4.89. The molecule has 8 heteroatoms. The Labute approximate surface area is 187 Å². The Kier molecular flexibility index (Phi) is 7.61. The SMILES string of the molecule is Cc1ccc(C(=O)N(C)CCOc2ccc(F)cc2)cc1S(=O)(=O)NCc1ccccc1. The smallest absolute Gasteiger partial charge is 0.253 e. The van der Waals surface area contributed by atoms with Crippen LogP contribution in [-0.2, 0) is 16.6 Å². The minimum atomic E-state index is -3.80. The molecule has 1 amide bonds. The molecule has 0 aliphatic heterocycles. The Morgan fingerprint density at radius 1 is 1.03 bits per heavy atom. The number of carbonyl (C=O) groups excluding carboxylic acids is 1. The highest BCUT2D eigenvalue weighted by Gasteiger charge is 2.20. The molecule has 0 saturated heterocycles. The zero-order valence-electron chi connectivity index (χ0n) is 17.9. The molecule has 0 unspecified atom stereocenters. The normalized spacial score (nSPS) is 11.2. The lowest BCUT2D eigenvalue weighted by Gasteiger charge is -2.18. The van der Waals surface area contributed by atoms with Gasteiger partial charge in [0.1, 0.15) is 18.2 Å². The number of hydrogen-bond acceptors (Lipinski definition) is 4. The molecule has 0 spiro atoms. The van der Waals surface area contributed by atoms with Crippen LogP contribution in [0.4, 0.5) is 4.39 Å². The number of aryl methyl sites for hydroxylation is 1. The minimum absolute atomic E-state index is 0.0650. The molecule has 0 radical (unpaired) electrons. The van der Waals surface area contributed by atoms with Crippen LogP contribution in [0.3, 0.4) is 0 Å². The van der Waals surface area contributed by atoms with E-state index in [0.29, 0.717) is 11.3 Å². The molecule has 3 rings (SSSR count). The Bertz CT molecular complexity index is 1170. The first-order valence-corrected chi connectivity index (χ1v) is 11.5. The summed E-state index contributed by atoms with van der Waals surface area (Å²) in [5, 5.41) is 0. The zero-order chi connectivity index (χ0) is 23.1. The van der Waals surface area contributed by atoms with Crippen LogP contribution in [0.15, 0.2) is 77.7 Å². The summed E-state index contributed by atoms with van der Waals surface area (Å²) in [4.78, 5) is 14.3. The number of benzene rings is 3. The Morgan fingerprint density at radius 2 is 1.72 bits per heavy atom. The molecule has 3 aromatic rings. The summed E-state index contributed by atoms with van der Waals surface area (Å²) in [6.45, 7) is 2.33. The van der Waals surface area contributed by atoms with Gasteiger partial charge < -0.3 is 9.64 Å². The Morgan fingerprint density at radius 3 is 2.41 bits per heavy atom. The predicted octanol–water partition coefficient (Wildman–Crippen LogP) is 3.76. The molecule has 0 aliphatic rings. The van der Waals surface area contributed by atoms with Crippen molar-refractivity contribution in [1.29, 1.82) is 0 Å². The number of ether oxygens (including phenoxy) is 1. The first kappa shape index (κ1) is 23.4. The average Bonchev–Trinajstić information content (AvgIpc) is 2.79. The molecule has 0 atom stereocenters. The van der Waals surface area contributed by atoms with Gasteiger partial charge in [-0.25, -0.2) is 17.5 Å². The number of nitrogens with one attached hydrogen (secondary N) is 1. The van der Waals surface area contributed by atoms with E-state index in [1.165, 1.54) is 35.2 Å². The van der Waals surface area contributed by atoms with Crippen molar-refractivity contribution in [3.63, 3.8) is 0 Å². The van der Waals surface area contributed by atoms with Crippen LogP contribution in [0.2, 0.25) is 0 Å². The maximum atomic E-state index is 13.0. The molecule has 1 N–H and O–H groups in total. The second-order valence-corrected chi connectivity index (χ2v) is 9.05. The average molecular weight is 457 g/mol. The Hall–Kier alpha value is -3.23. The van der Waals surface area contributed by atoms with Gasteiger partial charge in [0, 0.05) is 19.2 Å². The zero-order valence-corrected chi connectivity index (χ0v) is 18.7. The van der Waals surface area contributed by atoms with Gasteiger partial charge in [-0.3, -0.25) is 4.79 Å². The van der Waals surface area contributed by atoms with Crippen molar-refractivity contribution in [1.82, 2.24) is 9.62 Å². The molecular formula is C24H25FN2O4S. The van der Waals surface area contributed by atoms with E-state index in [9.17, 15) is 17.6 Å². The van der Waals surface area contributed by atoms with E-state index in [4.69, 9.17) is 4.74 Å². The van der Waals surface area contributed by atoms with Gasteiger partial charge in [0.15, 0.2) is 0 Å². The van der Waals surface area contributed by atoms with Crippen LogP contribution >= 0.6 is 0 Å². The molecule has 0 aliphatic carbocycles. The molecule has 0 saturated carbocycles. The maximum absolute atomic E-state index is 13.0. The third-order valence-corrected chi connectivity index (χ3v) is 6.43. The summed E-state index contributed by atoms with van der Waals surface area (Å²) in [6, 6.07) is 19.4. The fourth-order valence-corrected chi connectivity index (χ4v) is 4.31. The first-order valence-electron chi connectivity index (χ1n) is 10.0. The lowest BCUT2D eigenvalue weighted by Crippen LogP contribution is -2.31. The van der Waals surface area contributed by atoms with E-state index in [2.05, 4.69) is 4.72 Å². The molecule has 0 heterocycles. The van der Waals surface area contributed by atoms with Crippen molar-refractivity contribution in [2.45, 2.75) is 18.4 Å². The number of rotatable bonds is 9. The highest BCUT2D eigenvalue weighted by molar-refractivity contribution is 7.89. The van der Waals surface area contributed by atoms with E-state index in [-0.39, 0.29) is 41.9 Å². The number of carbonyl (C=O) groups is 1. The van der Waals surface area contributed by atoms with Gasteiger partial charge in [-0.2, -0.15) is 0 Å². The quantitative estimate of drug-likeness (QED) is 0.532. The van der Waals surface area contributed by atoms with Crippen LogP contribution in [0.1, 0.15) is 21.5 Å². The number of hydrogen-bond donors (Lipinski definition) is 1. The molecule has 168 valence electrons. The summed E-state index contributed by atoms with van der Waals surface area (Å²) < 4.78 is 46.7. The lowest BCUT2D eigenvalue weighted by molar-refractivity contribution is 0.0773. The molecule has 6 nitrogen and oxygen atoms in total. The summed E-state index contributed by atoms with van der Waals surface area (Å²) in [5.41, 5.74) is 1.64. The fraction of sp³-hybridized carbons (Fsp3) is 0.208. The van der Waals surface area contributed by atoms with Gasteiger partial charge in [0.2, 0.25) is 10.0 Å². The van der Waals surface area contributed by atoms with Crippen LogP contribution in [0.5, 0.6) is 5.75 Å². The van der Waals surface area contributed by atoms with Crippen molar-refractivity contribution in [3.05, 3.63) is 95.3 Å². The van der Waals surface area contributed by atoms with Crippen molar-refractivity contribution in [3.8, 4) is 5.75 Å². The third kappa shape index (κ3) is 6.15. The number of likely N-dealkylation sites (N-methyl/N-ethyl adjacent to an activating group) is 1. The van der Waals surface area contributed by atoms with Crippen molar-refractivity contribution in [2.75, 3.05) is 20.2 Å². The molecule has 3 aromatic carbocycles. The summed E-state index contributed by atoms with van der Waals surface area (Å²) >= 11 is 0. The van der Waals surface area contributed by atoms with Gasteiger partial charge in [-0.15, -0.1) is 0 Å². The highest BCUT2D eigenvalue weighted by atomic mass is 32.2. The fourth-order valence-electron chi connectivity index (χ4n) is 3.03. The van der Waals surface area contributed by atoms with Crippen molar-refractivity contribution in [2.24, 2.45) is 0 Å². The number of nitrogens with zero attached hydrogens (tertiary/aromatic N) is 1. The first-order chi connectivity index (χ1) is 15.3. The summed E-state index contributed by atoms with van der Waals surface area (Å²) in [5.74, 6) is -0.180. The van der Waals surface area contributed by atoms with Crippen molar-refractivity contribution >= 4 is 15.9 Å². The second kappa shape index (κ2) is 10.4. The van der Waals surface area contributed by atoms with Crippen LogP contribution in [0.25, 0.3) is 0 Å². The molecule has 0 aromatic heterocycles. The number of sulfonamides is 1.